The van der Waals surface area contributed by atoms with Gasteiger partial charge in [-0.15, -0.1) is 0 Å². The summed E-state index contributed by atoms with van der Waals surface area (Å²) in [6, 6.07) is 8.67. The third kappa shape index (κ3) is 2.36. The summed E-state index contributed by atoms with van der Waals surface area (Å²) in [5, 5.41) is 0. The van der Waals surface area contributed by atoms with Crippen LogP contribution in [0.3, 0.4) is 0 Å². The molecule has 104 valence electrons. The molecule has 0 bridgehead atoms. The molecule has 1 heterocycles. The highest BCUT2D eigenvalue weighted by Crippen LogP contribution is 2.41. The Balaban J connectivity index is 2.09. The van der Waals surface area contributed by atoms with Crippen LogP contribution in [0, 0.1) is 0 Å². The lowest BCUT2D eigenvalue weighted by atomic mass is 9.78. The second-order valence-corrected chi connectivity index (χ2v) is 7.41. The van der Waals surface area contributed by atoms with Gasteiger partial charge in [0.25, 0.3) is 0 Å². The second-order valence-electron chi connectivity index (χ2n) is 6.25. The average molecular weight is 284 g/mol. The van der Waals surface area contributed by atoms with Crippen molar-refractivity contribution in [2.75, 3.05) is 0 Å². The van der Waals surface area contributed by atoms with E-state index in [1.807, 2.05) is 0 Å². The lowest BCUT2D eigenvalue weighted by Gasteiger charge is -2.27. The summed E-state index contributed by atoms with van der Waals surface area (Å²) in [6.45, 7) is 6.77. The molecule has 2 aliphatic rings. The van der Waals surface area contributed by atoms with E-state index < -0.39 is 0 Å². The minimum atomic E-state index is -0.152. The number of nitrogens with two attached hydrogens (primary N) is 1. The highest BCUT2D eigenvalue weighted by atomic mass is 32.2. The lowest BCUT2D eigenvalue weighted by Crippen LogP contribution is -2.20. The van der Waals surface area contributed by atoms with E-state index in [4.69, 9.17) is 5.73 Å². The highest BCUT2D eigenvalue weighted by Gasteiger charge is 2.31. The van der Waals surface area contributed by atoms with Crippen LogP contribution in [0.5, 0.6) is 0 Å². The first kappa shape index (κ1) is 13.7. The van der Waals surface area contributed by atoms with Gasteiger partial charge in [0.05, 0.1) is 5.71 Å². The van der Waals surface area contributed by atoms with Gasteiger partial charge in [-0.3, -0.25) is 4.99 Å². The van der Waals surface area contributed by atoms with Gasteiger partial charge in [0.1, 0.15) is 5.50 Å². The van der Waals surface area contributed by atoms with Gasteiger partial charge in [0.15, 0.2) is 0 Å². The van der Waals surface area contributed by atoms with E-state index in [1.54, 1.807) is 11.8 Å². The predicted molar refractivity (Wildman–Crippen MR) is 88.1 cm³/mol. The van der Waals surface area contributed by atoms with E-state index in [0.29, 0.717) is 0 Å². The molecule has 0 fully saturated rings. The van der Waals surface area contributed by atoms with Gasteiger partial charge < -0.3 is 5.73 Å². The average Bonchev–Trinajstić information content (AvgIpc) is 2.77. The molecule has 0 radical (unpaired) electrons. The molecule has 3 heteroatoms. The molecule has 1 aliphatic carbocycles. The Hall–Kier alpha value is -1.32. The molecule has 0 amide bonds. The number of hydrogen-bond acceptors (Lipinski definition) is 3. The number of hydrogen-bond donors (Lipinski definition) is 1. The summed E-state index contributed by atoms with van der Waals surface area (Å²) >= 11 is 1.65. The SMILES string of the molecule is CC(C)(C)c1ccccc1C1C=CC=C2SC(N)N=C21. The van der Waals surface area contributed by atoms with E-state index in [2.05, 4.69) is 68.3 Å². The zero-order chi connectivity index (χ0) is 14.3. The van der Waals surface area contributed by atoms with Crippen molar-refractivity contribution in [2.24, 2.45) is 10.7 Å². The smallest absolute Gasteiger partial charge is 0.149 e. The molecule has 3 rings (SSSR count). The van der Waals surface area contributed by atoms with Gasteiger partial charge in [-0.2, -0.15) is 0 Å². The summed E-state index contributed by atoms with van der Waals surface area (Å²) in [6.07, 6.45) is 6.47. The van der Waals surface area contributed by atoms with E-state index in [1.165, 1.54) is 16.0 Å². The van der Waals surface area contributed by atoms with E-state index >= 15 is 0 Å². The maximum atomic E-state index is 5.97. The molecule has 2 nitrogen and oxygen atoms in total. The van der Waals surface area contributed by atoms with Crippen LogP contribution in [0.4, 0.5) is 0 Å². The summed E-state index contributed by atoms with van der Waals surface area (Å²) in [5.74, 6) is 0.228. The molecule has 20 heavy (non-hydrogen) atoms. The highest BCUT2D eigenvalue weighted by molar-refractivity contribution is 8.05. The van der Waals surface area contributed by atoms with Crippen LogP contribution in [0.15, 0.2) is 52.4 Å². The van der Waals surface area contributed by atoms with Crippen LogP contribution in [0.1, 0.15) is 37.8 Å². The Kier molecular flexibility index (Phi) is 3.35. The van der Waals surface area contributed by atoms with Crippen molar-refractivity contribution in [2.45, 2.75) is 37.6 Å². The summed E-state index contributed by atoms with van der Waals surface area (Å²) in [7, 11) is 0. The van der Waals surface area contributed by atoms with Gasteiger partial charge in [-0.25, -0.2) is 0 Å². The molecule has 1 aromatic carbocycles. The fourth-order valence-corrected chi connectivity index (χ4v) is 3.71. The van der Waals surface area contributed by atoms with Crippen LogP contribution in [0.25, 0.3) is 0 Å². The summed E-state index contributed by atoms with van der Waals surface area (Å²) in [5.41, 5.74) is 9.79. The predicted octanol–water partition coefficient (Wildman–Crippen LogP) is 3.95. The Bertz CT molecular complexity index is 620. The number of thioether (sulfide) groups is 1. The van der Waals surface area contributed by atoms with Crippen molar-refractivity contribution in [1.82, 2.24) is 0 Å². The number of nitrogens with zero attached hydrogens (tertiary/aromatic N) is 1. The normalized spacial score (nSPS) is 25.2. The third-order valence-electron chi connectivity index (χ3n) is 3.72. The maximum absolute atomic E-state index is 5.97. The van der Waals surface area contributed by atoms with Gasteiger partial charge in [-0.1, -0.05) is 69.0 Å². The van der Waals surface area contributed by atoms with Crippen molar-refractivity contribution in [1.29, 1.82) is 0 Å². The first-order valence-electron chi connectivity index (χ1n) is 6.95. The molecular formula is C17H20N2S. The molecule has 1 aliphatic heterocycles. The topological polar surface area (TPSA) is 38.4 Å². The maximum Gasteiger partial charge on any atom is 0.149 e. The first-order valence-corrected chi connectivity index (χ1v) is 7.83. The third-order valence-corrected chi connectivity index (χ3v) is 4.66. The van der Waals surface area contributed by atoms with Crippen LogP contribution in [-0.4, -0.2) is 11.2 Å². The number of allylic oxidation sites excluding steroid dienone is 4. The van der Waals surface area contributed by atoms with E-state index in [9.17, 15) is 0 Å². The number of rotatable bonds is 1. The van der Waals surface area contributed by atoms with Gasteiger partial charge in [-0.05, 0) is 22.6 Å². The Morgan fingerprint density at radius 2 is 1.95 bits per heavy atom. The van der Waals surface area contributed by atoms with E-state index in [0.717, 1.165) is 5.71 Å². The summed E-state index contributed by atoms with van der Waals surface area (Å²) in [4.78, 5) is 5.85. The zero-order valence-corrected chi connectivity index (χ0v) is 12.9. The van der Waals surface area contributed by atoms with E-state index in [-0.39, 0.29) is 16.8 Å². The molecule has 2 N–H and O–H groups in total. The lowest BCUT2D eigenvalue weighted by molar-refractivity contribution is 0.583. The first-order chi connectivity index (χ1) is 9.47. The number of fused-ring (bicyclic) bond motifs is 1. The second kappa shape index (κ2) is 4.90. The monoisotopic (exact) mass is 284 g/mol. The van der Waals surface area contributed by atoms with Crippen LogP contribution < -0.4 is 5.73 Å². The fourth-order valence-electron chi connectivity index (χ4n) is 2.82. The minimum Gasteiger partial charge on any atom is -0.301 e. The van der Waals surface area contributed by atoms with Crippen molar-refractivity contribution in [3.63, 3.8) is 0 Å². The van der Waals surface area contributed by atoms with Gasteiger partial charge >= 0.3 is 0 Å². The fraction of sp³-hybridized carbons (Fsp3) is 0.353. The molecule has 0 saturated heterocycles. The zero-order valence-electron chi connectivity index (χ0n) is 12.1. The minimum absolute atomic E-state index is 0.125. The Morgan fingerprint density at radius 1 is 1.20 bits per heavy atom. The van der Waals surface area contributed by atoms with Crippen molar-refractivity contribution in [3.8, 4) is 0 Å². The van der Waals surface area contributed by atoms with Crippen molar-refractivity contribution in [3.05, 3.63) is 58.5 Å². The van der Waals surface area contributed by atoms with Crippen LogP contribution >= 0.6 is 11.8 Å². The van der Waals surface area contributed by atoms with Crippen LogP contribution in [-0.2, 0) is 5.41 Å². The quantitative estimate of drug-likeness (QED) is 0.848. The summed E-state index contributed by atoms with van der Waals surface area (Å²) < 4.78 is 0. The molecule has 0 spiro atoms. The number of benzene rings is 1. The molecule has 0 aromatic heterocycles. The standard InChI is InChI=1S/C17H20N2S/c1-17(2,3)13-9-5-4-7-11(13)12-8-6-10-14-15(12)19-16(18)20-14/h4-10,12,16H,18H2,1-3H3. The van der Waals surface area contributed by atoms with Crippen molar-refractivity contribution < 1.29 is 0 Å². The molecule has 0 saturated carbocycles. The molecule has 1 aromatic rings. The van der Waals surface area contributed by atoms with Crippen molar-refractivity contribution >= 4 is 17.5 Å². The van der Waals surface area contributed by atoms with Gasteiger partial charge in [0.2, 0.25) is 0 Å². The molecule has 2 unspecified atom stereocenters. The van der Waals surface area contributed by atoms with Gasteiger partial charge in [0, 0.05) is 10.8 Å². The largest absolute Gasteiger partial charge is 0.301 e. The Labute approximate surface area is 124 Å². The Morgan fingerprint density at radius 3 is 2.70 bits per heavy atom. The van der Waals surface area contributed by atoms with Crippen LogP contribution in [0.2, 0.25) is 0 Å². The molecule has 2 atom stereocenters. The number of aliphatic imine (C=N–C) groups is 1. The molecular weight excluding hydrogens is 264 g/mol.